The van der Waals surface area contributed by atoms with Crippen molar-refractivity contribution in [3.63, 3.8) is 0 Å². The molecule has 1 amide bonds. The van der Waals surface area contributed by atoms with E-state index in [4.69, 9.17) is 0 Å². The van der Waals surface area contributed by atoms with Crippen molar-refractivity contribution in [3.8, 4) is 0 Å². The van der Waals surface area contributed by atoms with E-state index in [1.807, 2.05) is 32.0 Å². The third-order valence-electron chi connectivity index (χ3n) is 3.27. The van der Waals surface area contributed by atoms with E-state index in [2.05, 4.69) is 10.4 Å². The largest absolute Gasteiger partial charge is 0.333 e. The minimum absolute atomic E-state index is 0.115. The molecule has 1 aromatic rings. The van der Waals surface area contributed by atoms with E-state index in [0.717, 1.165) is 37.3 Å². The van der Waals surface area contributed by atoms with Gasteiger partial charge in [0.25, 0.3) is 5.91 Å². The van der Waals surface area contributed by atoms with Crippen LogP contribution in [0.4, 0.5) is 0 Å². The molecule has 0 aromatic carbocycles. The zero-order chi connectivity index (χ0) is 12.4. The minimum atomic E-state index is 0.115. The van der Waals surface area contributed by atoms with Gasteiger partial charge in [0.15, 0.2) is 0 Å². The van der Waals surface area contributed by atoms with Crippen LogP contribution in [0.15, 0.2) is 6.20 Å². The van der Waals surface area contributed by atoms with Crippen LogP contribution < -0.4 is 5.32 Å². The highest BCUT2D eigenvalue weighted by atomic mass is 16.2. The molecule has 5 nitrogen and oxygen atoms in total. The normalized spacial score (nSPS) is 15.7. The number of nitrogens with one attached hydrogen (secondary N) is 1. The smallest absolute Gasteiger partial charge is 0.257 e. The van der Waals surface area contributed by atoms with Gasteiger partial charge in [0, 0.05) is 32.9 Å². The predicted octanol–water partition coefficient (Wildman–Crippen LogP) is 0.416. The Kier molecular flexibility index (Phi) is 3.47. The van der Waals surface area contributed by atoms with E-state index < -0.39 is 0 Å². The van der Waals surface area contributed by atoms with Crippen LogP contribution in [0.5, 0.6) is 0 Å². The van der Waals surface area contributed by atoms with E-state index in [9.17, 15) is 4.79 Å². The molecule has 0 unspecified atom stereocenters. The van der Waals surface area contributed by atoms with E-state index in [-0.39, 0.29) is 5.91 Å². The lowest BCUT2D eigenvalue weighted by Gasteiger charge is -2.37. The summed E-state index contributed by atoms with van der Waals surface area (Å²) in [6, 6.07) is 0.345. The molecule has 0 bridgehead atoms. The van der Waals surface area contributed by atoms with Gasteiger partial charge in [0.1, 0.15) is 0 Å². The Morgan fingerprint density at radius 2 is 2.29 bits per heavy atom. The van der Waals surface area contributed by atoms with Crippen LogP contribution in [0.3, 0.4) is 0 Å². The second kappa shape index (κ2) is 4.87. The summed E-state index contributed by atoms with van der Waals surface area (Å²) < 4.78 is 1.72. The lowest BCUT2D eigenvalue weighted by atomic mass is 10.1. The van der Waals surface area contributed by atoms with Gasteiger partial charge in [0.2, 0.25) is 0 Å². The summed E-state index contributed by atoms with van der Waals surface area (Å²) in [7, 11) is 1.86. The highest BCUT2D eigenvalue weighted by Crippen LogP contribution is 2.14. The van der Waals surface area contributed by atoms with Crippen LogP contribution in [0.25, 0.3) is 0 Å². The first-order valence-corrected chi connectivity index (χ1v) is 6.21. The average molecular weight is 236 g/mol. The summed E-state index contributed by atoms with van der Waals surface area (Å²) in [4.78, 5) is 14.4. The van der Waals surface area contributed by atoms with Crippen molar-refractivity contribution in [1.29, 1.82) is 0 Å². The number of aromatic nitrogens is 2. The maximum absolute atomic E-state index is 12.4. The molecular weight excluding hydrogens is 216 g/mol. The van der Waals surface area contributed by atoms with Crippen molar-refractivity contribution >= 4 is 5.91 Å². The molecule has 0 spiro atoms. The molecule has 0 saturated carbocycles. The molecule has 17 heavy (non-hydrogen) atoms. The first kappa shape index (κ1) is 12.1. The lowest BCUT2D eigenvalue weighted by Crippen LogP contribution is -2.58. The van der Waals surface area contributed by atoms with Crippen LogP contribution in [0.2, 0.25) is 0 Å². The van der Waals surface area contributed by atoms with Crippen LogP contribution in [0.1, 0.15) is 29.9 Å². The van der Waals surface area contributed by atoms with Gasteiger partial charge < -0.3 is 10.2 Å². The van der Waals surface area contributed by atoms with Gasteiger partial charge in [-0.2, -0.15) is 5.10 Å². The summed E-state index contributed by atoms with van der Waals surface area (Å²) >= 11 is 0. The fourth-order valence-electron chi connectivity index (χ4n) is 2.19. The maximum atomic E-state index is 12.4. The second-order valence-corrected chi connectivity index (χ2v) is 4.42. The van der Waals surface area contributed by atoms with Gasteiger partial charge in [-0.25, -0.2) is 0 Å². The Labute approximate surface area is 102 Å². The molecule has 1 fully saturated rings. The molecule has 1 saturated heterocycles. The maximum Gasteiger partial charge on any atom is 0.257 e. The van der Waals surface area contributed by atoms with Crippen LogP contribution in [0, 0.1) is 0 Å². The van der Waals surface area contributed by atoms with Crippen molar-refractivity contribution < 1.29 is 4.79 Å². The molecule has 1 aliphatic heterocycles. The standard InChI is InChI=1S/C12H20N4O/c1-4-11-10(8-15(3)14-11)12(17)16(5-2)9-6-13-7-9/h8-9,13H,4-7H2,1-3H3. The first-order chi connectivity index (χ1) is 8.17. The predicted molar refractivity (Wildman–Crippen MR) is 66.0 cm³/mol. The molecule has 0 atom stereocenters. The van der Waals surface area contributed by atoms with Crippen molar-refractivity contribution in [3.05, 3.63) is 17.5 Å². The van der Waals surface area contributed by atoms with Gasteiger partial charge in [-0.15, -0.1) is 0 Å². The number of amides is 1. The quantitative estimate of drug-likeness (QED) is 0.824. The van der Waals surface area contributed by atoms with Crippen LogP contribution in [-0.2, 0) is 13.5 Å². The number of aryl methyl sites for hydroxylation is 2. The number of nitrogens with zero attached hydrogens (tertiary/aromatic N) is 3. The summed E-state index contributed by atoms with van der Waals surface area (Å²) in [6.45, 7) is 6.62. The molecule has 2 heterocycles. The van der Waals surface area contributed by atoms with Crippen molar-refractivity contribution in [1.82, 2.24) is 20.0 Å². The van der Waals surface area contributed by atoms with E-state index >= 15 is 0 Å². The summed E-state index contributed by atoms with van der Waals surface area (Å²) in [5.41, 5.74) is 1.65. The van der Waals surface area contributed by atoms with Gasteiger partial charge in [-0.3, -0.25) is 9.48 Å². The Morgan fingerprint density at radius 1 is 1.59 bits per heavy atom. The third-order valence-corrected chi connectivity index (χ3v) is 3.27. The summed E-state index contributed by atoms with van der Waals surface area (Å²) in [5.74, 6) is 0.115. The second-order valence-electron chi connectivity index (χ2n) is 4.42. The monoisotopic (exact) mass is 236 g/mol. The van der Waals surface area contributed by atoms with Gasteiger partial charge >= 0.3 is 0 Å². The Morgan fingerprint density at radius 3 is 2.76 bits per heavy atom. The third kappa shape index (κ3) is 2.20. The molecule has 2 rings (SSSR count). The molecule has 0 aliphatic carbocycles. The number of hydrogen-bond acceptors (Lipinski definition) is 3. The molecule has 1 N–H and O–H groups in total. The Bertz CT molecular complexity index is 409. The summed E-state index contributed by atoms with van der Waals surface area (Å²) in [6.07, 6.45) is 2.62. The Hall–Kier alpha value is -1.36. The van der Waals surface area contributed by atoms with Crippen molar-refractivity contribution in [2.24, 2.45) is 7.05 Å². The zero-order valence-corrected chi connectivity index (χ0v) is 10.7. The molecule has 1 aromatic heterocycles. The number of carbonyl (C=O) groups is 1. The van der Waals surface area contributed by atoms with E-state index in [0.29, 0.717) is 6.04 Å². The SMILES string of the molecule is CCc1nn(C)cc1C(=O)N(CC)C1CNC1. The van der Waals surface area contributed by atoms with Gasteiger partial charge in [0.05, 0.1) is 17.3 Å². The average Bonchev–Trinajstić information content (AvgIpc) is 2.63. The van der Waals surface area contributed by atoms with Gasteiger partial charge in [-0.05, 0) is 13.3 Å². The number of rotatable bonds is 4. The fraction of sp³-hybridized carbons (Fsp3) is 0.667. The van der Waals surface area contributed by atoms with Crippen LogP contribution in [-0.4, -0.2) is 46.3 Å². The van der Waals surface area contributed by atoms with E-state index in [1.165, 1.54) is 0 Å². The van der Waals surface area contributed by atoms with Crippen molar-refractivity contribution in [2.45, 2.75) is 26.3 Å². The molecular formula is C12H20N4O. The molecule has 1 aliphatic rings. The number of likely N-dealkylation sites (N-methyl/N-ethyl adjacent to an activating group) is 1. The highest BCUT2D eigenvalue weighted by molar-refractivity contribution is 5.95. The molecule has 0 radical (unpaired) electrons. The van der Waals surface area contributed by atoms with Crippen molar-refractivity contribution in [2.75, 3.05) is 19.6 Å². The lowest BCUT2D eigenvalue weighted by molar-refractivity contribution is 0.0629. The topological polar surface area (TPSA) is 50.2 Å². The van der Waals surface area contributed by atoms with E-state index in [1.54, 1.807) is 4.68 Å². The zero-order valence-electron chi connectivity index (χ0n) is 10.7. The summed E-state index contributed by atoms with van der Waals surface area (Å²) in [5, 5.41) is 7.53. The molecule has 5 heteroatoms. The molecule has 94 valence electrons. The van der Waals surface area contributed by atoms with Gasteiger partial charge in [-0.1, -0.05) is 6.92 Å². The van der Waals surface area contributed by atoms with Crippen LogP contribution >= 0.6 is 0 Å². The Balaban J connectivity index is 2.21. The number of hydrogen-bond donors (Lipinski definition) is 1. The number of carbonyl (C=O) groups excluding carboxylic acids is 1. The fourth-order valence-corrected chi connectivity index (χ4v) is 2.19. The minimum Gasteiger partial charge on any atom is -0.333 e. The highest BCUT2D eigenvalue weighted by Gasteiger charge is 2.29. The first-order valence-electron chi connectivity index (χ1n) is 6.21.